The number of anilines is 1. The molecule has 3 nitrogen and oxygen atoms in total. The SMILES string of the molecule is Cc1ccc(-c2ccccc2C(=O)O)cc1N. The molecule has 2 rings (SSSR count). The molecule has 3 N–H and O–H groups in total. The van der Waals surface area contributed by atoms with E-state index in [2.05, 4.69) is 0 Å². The zero-order valence-corrected chi connectivity index (χ0v) is 9.47. The van der Waals surface area contributed by atoms with E-state index in [1.807, 2.05) is 25.1 Å². The normalized spacial score (nSPS) is 10.2. The molecule has 2 aromatic rings. The van der Waals surface area contributed by atoms with Crippen LogP contribution in [-0.4, -0.2) is 11.1 Å². The fourth-order valence-electron chi connectivity index (χ4n) is 1.73. The number of hydrogen-bond acceptors (Lipinski definition) is 2. The lowest BCUT2D eigenvalue weighted by Gasteiger charge is -2.08. The summed E-state index contributed by atoms with van der Waals surface area (Å²) in [4.78, 5) is 11.1. The molecule has 86 valence electrons. The number of aryl methyl sites for hydroxylation is 1. The number of nitrogen functional groups attached to an aromatic ring is 1. The van der Waals surface area contributed by atoms with Gasteiger partial charge < -0.3 is 10.8 Å². The lowest BCUT2D eigenvalue weighted by atomic mass is 9.98. The highest BCUT2D eigenvalue weighted by atomic mass is 16.4. The summed E-state index contributed by atoms with van der Waals surface area (Å²) in [6.45, 7) is 1.92. The van der Waals surface area contributed by atoms with Crippen LogP contribution in [0.3, 0.4) is 0 Å². The minimum atomic E-state index is -0.931. The Hall–Kier alpha value is -2.29. The molecule has 0 unspecified atom stereocenters. The molecule has 0 atom stereocenters. The topological polar surface area (TPSA) is 63.3 Å². The number of nitrogens with two attached hydrogens (primary N) is 1. The van der Waals surface area contributed by atoms with Crippen molar-refractivity contribution in [3.05, 3.63) is 53.6 Å². The van der Waals surface area contributed by atoms with Crippen LogP contribution in [0.25, 0.3) is 11.1 Å². The van der Waals surface area contributed by atoms with E-state index >= 15 is 0 Å². The van der Waals surface area contributed by atoms with E-state index in [-0.39, 0.29) is 5.56 Å². The Bertz CT molecular complexity index is 576. The van der Waals surface area contributed by atoms with Crippen LogP contribution in [0.4, 0.5) is 5.69 Å². The van der Waals surface area contributed by atoms with Gasteiger partial charge in [-0.25, -0.2) is 4.79 Å². The summed E-state index contributed by atoms with van der Waals surface area (Å²) in [6, 6.07) is 12.5. The molecule has 0 saturated heterocycles. The van der Waals surface area contributed by atoms with Gasteiger partial charge in [-0.15, -0.1) is 0 Å². The number of hydrogen-bond donors (Lipinski definition) is 2. The molecule has 0 fully saturated rings. The third kappa shape index (κ3) is 2.13. The Kier molecular flexibility index (Phi) is 2.83. The Morgan fingerprint density at radius 2 is 1.88 bits per heavy atom. The number of carboxylic acid groups (broad SMARTS) is 1. The summed E-state index contributed by atoms with van der Waals surface area (Å²) < 4.78 is 0. The predicted octanol–water partition coefficient (Wildman–Crippen LogP) is 2.94. The van der Waals surface area contributed by atoms with Gasteiger partial charge in [-0.05, 0) is 35.7 Å². The van der Waals surface area contributed by atoms with Crippen molar-refractivity contribution in [3.8, 4) is 11.1 Å². The van der Waals surface area contributed by atoms with Crippen LogP contribution in [0.15, 0.2) is 42.5 Å². The second-order valence-electron chi connectivity index (χ2n) is 3.92. The summed E-state index contributed by atoms with van der Waals surface area (Å²) in [5, 5.41) is 9.12. The third-order valence-electron chi connectivity index (χ3n) is 2.75. The van der Waals surface area contributed by atoms with Crippen molar-refractivity contribution in [1.82, 2.24) is 0 Å². The molecule has 17 heavy (non-hydrogen) atoms. The number of rotatable bonds is 2. The first-order valence-electron chi connectivity index (χ1n) is 5.28. The van der Waals surface area contributed by atoms with Crippen LogP contribution in [-0.2, 0) is 0 Å². The van der Waals surface area contributed by atoms with Gasteiger partial charge in [0.1, 0.15) is 0 Å². The fourth-order valence-corrected chi connectivity index (χ4v) is 1.73. The standard InChI is InChI=1S/C14H13NO2/c1-9-6-7-10(8-13(9)15)11-4-2-3-5-12(11)14(16)17/h2-8H,15H2,1H3,(H,16,17). The second-order valence-corrected chi connectivity index (χ2v) is 3.92. The Labute approximate surface area is 99.5 Å². The quantitative estimate of drug-likeness (QED) is 0.775. The summed E-state index contributed by atoms with van der Waals surface area (Å²) in [5.74, 6) is -0.931. The van der Waals surface area contributed by atoms with Crippen molar-refractivity contribution in [1.29, 1.82) is 0 Å². The monoisotopic (exact) mass is 227 g/mol. The highest BCUT2D eigenvalue weighted by Crippen LogP contribution is 2.26. The van der Waals surface area contributed by atoms with Crippen molar-refractivity contribution in [3.63, 3.8) is 0 Å². The third-order valence-corrected chi connectivity index (χ3v) is 2.75. The van der Waals surface area contributed by atoms with E-state index in [0.717, 1.165) is 11.1 Å². The van der Waals surface area contributed by atoms with Crippen molar-refractivity contribution >= 4 is 11.7 Å². The van der Waals surface area contributed by atoms with E-state index < -0.39 is 5.97 Å². The van der Waals surface area contributed by atoms with E-state index in [9.17, 15) is 4.79 Å². The lowest BCUT2D eigenvalue weighted by Crippen LogP contribution is -1.99. The maximum absolute atomic E-state index is 11.1. The average Bonchev–Trinajstić information content (AvgIpc) is 2.32. The van der Waals surface area contributed by atoms with Gasteiger partial charge in [-0.1, -0.05) is 30.3 Å². The summed E-state index contributed by atoms with van der Waals surface area (Å²) in [6.07, 6.45) is 0. The van der Waals surface area contributed by atoms with Gasteiger partial charge in [0.25, 0.3) is 0 Å². The molecular weight excluding hydrogens is 214 g/mol. The zero-order chi connectivity index (χ0) is 12.4. The molecule has 2 aromatic carbocycles. The van der Waals surface area contributed by atoms with Gasteiger partial charge in [0.15, 0.2) is 0 Å². The van der Waals surface area contributed by atoms with Gasteiger partial charge >= 0.3 is 5.97 Å². The van der Waals surface area contributed by atoms with Gasteiger partial charge in [0.05, 0.1) is 5.56 Å². The van der Waals surface area contributed by atoms with Crippen LogP contribution < -0.4 is 5.73 Å². The maximum atomic E-state index is 11.1. The van der Waals surface area contributed by atoms with Crippen LogP contribution in [0, 0.1) is 6.92 Å². The first kappa shape index (κ1) is 11.2. The molecule has 0 bridgehead atoms. The molecule has 0 aliphatic rings. The minimum absolute atomic E-state index is 0.288. The van der Waals surface area contributed by atoms with Crippen molar-refractivity contribution < 1.29 is 9.90 Å². The molecular formula is C14H13NO2. The molecule has 0 saturated carbocycles. The highest BCUT2D eigenvalue weighted by Gasteiger charge is 2.10. The number of benzene rings is 2. The second kappa shape index (κ2) is 4.29. The summed E-state index contributed by atoms with van der Waals surface area (Å²) in [7, 11) is 0. The number of carbonyl (C=O) groups is 1. The molecule has 0 heterocycles. The Balaban J connectivity index is 2.60. The summed E-state index contributed by atoms with van der Waals surface area (Å²) in [5.41, 5.74) is 9.29. The van der Waals surface area contributed by atoms with Crippen LogP contribution in [0.1, 0.15) is 15.9 Å². The van der Waals surface area contributed by atoms with Crippen molar-refractivity contribution in [2.24, 2.45) is 0 Å². The molecule has 0 aliphatic carbocycles. The highest BCUT2D eigenvalue weighted by molar-refractivity contribution is 5.96. The largest absolute Gasteiger partial charge is 0.478 e. The van der Waals surface area contributed by atoms with Gasteiger partial charge in [0, 0.05) is 5.69 Å². The van der Waals surface area contributed by atoms with Gasteiger partial charge in [0.2, 0.25) is 0 Å². The van der Waals surface area contributed by atoms with Crippen molar-refractivity contribution in [2.45, 2.75) is 6.92 Å². The first-order chi connectivity index (χ1) is 8.09. The predicted molar refractivity (Wildman–Crippen MR) is 68.0 cm³/mol. The van der Waals surface area contributed by atoms with Crippen molar-refractivity contribution in [2.75, 3.05) is 5.73 Å². The molecule has 0 aliphatic heterocycles. The minimum Gasteiger partial charge on any atom is -0.478 e. The maximum Gasteiger partial charge on any atom is 0.336 e. The first-order valence-corrected chi connectivity index (χ1v) is 5.28. The molecule has 0 amide bonds. The van der Waals surface area contributed by atoms with Crippen LogP contribution in [0.2, 0.25) is 0 Å². The number of aromatic carboxylic acids is 1. The smallest absolute Gasteiger partial charge is 0.336 e. The van der Waals surface area contributed by atoms with Gasteiger partial charge in [-0.3, -0.25) is 0 Å². The molecule has 3 heteroatoms. The molecule has 0 aromatic heterocycles. The lowest BCUT2D eigenvalue weighted by molar-refractivity contribution is 0.0697. The molecule has 0 spiro atoms. The number of carboxylic acids is 1. The Morgan fingerprint density at radius 3 is 2.53 bits per heavy atom. The van der Waals surface area contributed by atoms with Crippen LogP contribution in [0.5, 0.6) is 0 Å². The zero-order valence-electron chi connectivity index (χ0n) is 9.47. The summed E-state index contributed by atoms with van der Waals surface area (Å²) >= 11 is 0. The average molecular weight is 227 g/mol. The van der Waals surface area contributed by atoms with Gasteiger partial charge in [-0.2, -0.15) is 0 Å². The van der Waals surface area contributed by atoms with E-state index in [0.29, 0.717) is 11.3 Å². The van der Waals surface area contributed by atoms with E-state index in [4.69, 9.17) is 10.8 Å². The Morgan fingerprint density at radius 1 is 1.18 bits per heavy atom. The molecule has 0 radical (unpaired) electrons. The fraction of sp³-hybridized carbons (Fsp3) is 0.0714. The van der Waals surface area contributed by atoms with E-state index in [1.165, 1.54) is 0 Å². The van der Waals surface area contributed by atoms with E-state index in [1.54, 1.807) is 24.3 Å². The van der Waals surface area contributed by atoms with Crippen LogP contribution >= 0.6 is 0 Å².